The Hall–Kier alpha value is -0.990. The molecule has 0 amide bonds. The van der Waals surface area contributed by atoms with Gasteiger partial charge in [0.1, 0.15) is 0 Å². The third-order valence-electron chi connectivity index (χ3n) is 2.60. The van der Waals surface area contributed by atoms with Crippen molar-refractivity contribution in [2.24, 2.45) is 0 Å². The van der Waals surface area contributed by atoms with E-state index in [0.717, 1.165) is 19.0 Å². The van der Waals surface area contributed by atoms with Crippen molar-refractivity contribution in [1.82, 2.24) is 9.55 Å². The minimum absolute atomic E-state index is 1.07. The summed E-state index contributed by atoms with van der Waals surface area (Å²) in [5, 5.41) is 3.28. The molecule has 2 aliphatic rings. The molecule has 1 aromatic rings. The summed E-state index contributed by atoms with van der Waals surface area (Å²) < 4.78 is 2.34. The van der Waals surface area contributed by atoms with E-state index in [1.54, 1.807) is 0 Å². The van der Waals surface area contributed by atoms with Gasteiger partial charge in [-0.1, -0.05) is 0 Å². The Kier molecular flexibility index (Phi) is 0.913. The molecule has 3 rings (SSSR count). The van der Waals surface area contributed by atoms with Crippen molar-refractivity contribution < 1.29 is 0 Å². The number of aryl methyl sites for hydroxylation is 1. The lowest BCUT2D eigenvalue weighted by Gasteiger charge is -1.97. The highest BCUT2D eigenvalue weighted by molar-refractivity contribution is 5.39. The standard InChI is InChI=1S/C8H11N3/c1-2-6-7(3-1)11-5-4-9-8(11)10-6/h1-5H2,(H,9,10). The van der Waals surface area contributed by atoms with Gasteiger partial charge in [-0.05, 0) is 19.3 Å². The summed E-state index contributed by atoms with van der Waals surface area (Å²) in [7, 11) is 0. The first-order valence-corrected chi connectivity index (χ1v) is 4.27. The van der Waals surface area contributed by atoms with Crippen LogP contribution in [-0.4, -0.2) is 16.1 Å². The quantitative estimate of drug-likeness (QED) is 0.591. The lowest BCUT2D eigenvalue weighted by atomic mass is 10.3. The Labute approximate surface area is 65.4 Å². The molecule has 0 saturated carbocycles. The van der Waals surface area contributed by atoms with Gasteiger partial charge in [0.2, 0.25) is 5.95 Å². The van der Waals surface area contributed by atoms with E-state index in [0.29, 0.717) is 0 Å². The summed E-state index contributed by atoms with van der Waals surface area (Å²) in [6.45, 7) is 2.19. The number of anilines is 1. The van der Waals surface area contributed by atoms with Gasteiger partial charge in [0.15, 0.2) is 0 Å². The molecule has 0 unspecified atom stereocenters. The molecule has 0 fully saturated rings. The summed E-state index contributed by atoms with van der Waals surface area (Å²) in [5.74, 6) is 1.11. The third-order valence-corrected chi connectivity index (χ3v) is 2.60. The van der Waals surface area contributed by atoms with Crippen LogP contribution in [0.15, 0.2) is 0 Å². The van der Waals surface area contributed by atoms with Gasteiger partial charge in [0.05, 0.1) is 5.69 Å². The van der Waals surface area contributed by atoms with E-state index in [2.05, 4.69) is 14.9 Å². The number of nitrogens with zero attached hydrogens (tertiary/aromatic N) is 2. The maximum absolute atomic E-state index is 4.52. The Morgan fingerprint density at radius 2 is 2.36 bits per heavy atom. The zero-order chi connectivity index (χ0) is 7.26. The number of hydrogen-bond donors (Lipinski definition) is 1. The van der Waals surface area contributed by atoms with Gasteiger partial charge in [-0.25, -0.2) is 4.98 Å². The average molecular weight is 149 g/mol. The molecule has 0 saturated heterocycles. The molecule has 0 atom stereocenters. The molecule has 58 valence electrons. The number of nitrogens with one attached hydrogen (secondary N) is 1. The van der Waals surface area contributed by atoms with E-state index >= 15 is 0 Å². The number of imidazole rings is 1. The van der Waals surface area contributed by atoms with Crippen molar-refractivity contribution in [3.63, 3.8) is 0 Å². The molecule has 11 heavy (non-hydrogen) atoms. The summed E-state index contributed by atoms with van der Waals surface area (Å²) >= 11 is 0. The van der Waals surface area contributed by atoms with Crippen molar-refractivity contribution in [3.8, 4) is 0 Å². The second kappa shape index (κ2) is 1.78. The van der Waals surface area contributed by atoms with Crippen molar-refractivity contribution in [1.29, 1.82) is 0 Å². The van der Waals surface area contributed by atoms with E-state index in [4.69, 9.17) is 0 Å². The van der Waals surface area contributed by atoms with Crippen LogP contribution in [-0.2, 0) is 19.4 Å². The van der Waals surface area contributed by atoms with Gasteiger partial charge >= 0.3 is 0 Å². The van der Waals surface area contributed by atoms with Gasteiger partial charge in [-0.2, -0.15) is 0 Å². The topological polar surface area (TPSA) is 29.9 Å². The molecular weight excluding hydrogens is 138 g/mol. The van der Waals surface area contributed by atoms with Crippen LogP contribution in [0.25, 0.3) is 0 Å². The first-order valence-electron chi connectivity index (χ1n) is 4.27. The smallest absolute Gasteiger partial charge is 0.203 e. The van der Waals surface area contributed by atoms with Gasteiger partial charge in [0.25, 0.3) is 0 Å². The van der Waals surface area contributed by atoms with Gasteiger partial charge in [-0.3, -0.25) is 0 Å². The highest BCUT2D eigenvalue weighted by Gasteiger charge is 2.23. The number of aromatic nitrogens is 2. The number of hydrogen-bond acceptors (Lipinski definition) is 2. The lowest BCUT2D eigenvalue weighted by Crippen LogP contribution is -1.98. The van der Waals surface area contributed by atoms with E-state index < -0.39 is 0 Å². The minimum Gasteiger partial charge on any atom is -0.354 e. The predicted molar refractivity (Wildman–Crippen MR) is 42.7 cm³/mol. The van der Waals surface area contributed by atoms with E-state index in [1.165, 1.54) is 30.7 Å². The fourth-order valence-corrected chi connectivity index (χ4v) is 2.09. The first-order chi connectivity index (χ1) is 5.45. The minimum atomic E-state index is 1.07. The molecular formula is C8H11N3. The van der Waals surface area contributed by atoms with Gasteiger partial charge in [-0.15, -0.1) is 0 Å². The second-order valence-electron chi connectivity index (χ2n) is 3.26. The molecule has 3 nitrogen and oxygen atoms in total. The lowest BCUT2D eigenvalue weighted by molar-refractivity contribution is 0.748. The van der Waals surface area contributed by atoms with Crippen LogP contribution in [0.3, 0.4) is 0 Å². The fraction of sp³-hybridized carbons (Fsp3) is 0.625. The largest absolute Gasteiger partial charge is 0.354 e. The molecule has 0 spiro atoms. The number of rotatable bonds is 0. The molecule has 1 aliphatic heterocycles. The molecule has 0 radical (unpaired) electrons. The summed E-state index contributed by atoms with van der Waals surface area (Å²) in [6.07, 6.45) is 3.74. The SMILES string of the molecule is C1Cc2nc3n(c2C1)CCN3. The summed E-state index contributed by atoms with van der Waals surface area (Å²) in [5.41, 5.74) is 2.83. The zero-order valence-electron chi connectivity index (χ0n) is 6.43. The van der Waals surface area contributed by atoms with Crippen LogP contribution in [0.1, 0.15) is 17.8 Å². The highest BCUT2D eigenvalue weighted by Crippen LogP contribution is 2.27. The summed E-state index contributed by atoms with van der Waals surface area (Å²) in [4.78, 5) is 4.52. The van der Waals surface area contributed by atoms with Crippen molar-refractivity contribution >= 4 is 5.95 Å². The molecule has 1 aromatic heterocycles. The van der Waals surface area contributed by atoms with E-state index in [1.807, 2.05) is 0 Å². The molecule has 1 N–H and O–H groups in total. The Balaban J connectivity index is 2.22. The van der Waals surface area contributed by atoms with Crippen LogP contribution in [0.4, 0.5) is 5.95 Å². The fourth-order valence-electron chi connectivity index (χ4n) is 2.09. The third kappa shape index (κ3) is 0.607. The van der Waals surface area contributed by atoms with Crippen molar-refractivity contribution in [2.75, 3.05) is 11.9 Å². The maximum Gasteiger partial charge on any atom is 0.203 e. The van der Waals surface area contributed by atoms with E-state index in [9.17, 15) is 0 Å². The van der Waals surface area contributed by atoms with Gasteiger partial charge < -0.3 is 9.88 Å². The second-order valence-corrected chi connectivity index (χ2v) is 3.26. The van der Waals surface area contributed by atoms with Crippen LogP contribution in [0.2, 0.25) is 0 Å². The Bertz CT molecular complexity index is 272. The van der Waals surface area contributed by atoms with Crippen LogP contribution >= 0.6 is 0 Å². The van der Waals surface area contributed by atoms with Crippen LogP contribution in [0, 0.1) is 0 Å². The Morgan fingerprint density at radius 3 is 3.36 bits per heavy atom. The molecule has 2 heterocycles. The van der Waals surface area contributed by atoms with Crippen molar-refractivity contribution in [3.05, 3.63) is 11.4 Å². The molecule has 1 aliphatic carbocycles. The highest BCUT2D eigenvalue weighted by atomic mass is 15.3. The van der Waals surface area contributed by atoms with Crippen molar-refractivity contribution in [2.45, 2.75) is 25.8 Å². The maximum atomic E-state index is 4.52. The van der Waals surface area contributed by atoms with Gasteiger partial charge in [0, 0.05) is 18.8 Å². The predicted octanol–water partition coefficient (Wildman–Crippen LogP) is 0.797. The number of fused-ring (bicyclic) bond motifs is 3. The van der Waals surface area contributed by atoms with Crippen LogP contribution < -0.4 is 5.32 Å². The average Bonchev–Trinajstić information content (AvgIpc) is 2.52. The van der Waals surface area contributed by atoms with E-state index in [-0.39, 0.29) is 0 Å². The first kappa shape index (κ1) is 5.63. The zero-order valence-corrected chi connectivity index (χ0v) is 6.43. The summed E-state index contributed by atoms with van der Waals surface area (Å²) in [6, 6.07) is 0. The molecule has 0 bridgehead atoms. The molecule has 3 heteroatoms. The Morgan fingerprint density at radius 1 is 1.36 bits per heavy atom. The monoisotopic (exact) mass is 149 g/mol. The molecule has 0 aromatic carbocycles. The van der Waals surface area contributed by atoms with Crippen LogP contribution in [0.5, 0.6) is 0 Å². The normalized spacial score (nSPS) is 19.6.